The molecular weight excluding hydrogens is 346 g/mol. The van der Waals surface area contributed by atoms with E-state index in [0.29, 0.717) is 17.2 Å². The second-order valence-electron chi connectivity index (χ2n) is 7.45. The molecule has 2 aromatic rings. The SMILES string of the molecule is CC(C)(C(=O)N1CCCCC1)n1nc(-c2ccc3c(c2)OCO3)ccc1=O. The Balaban J connectivity index is 1.69. The lowest BCUT2D eigenvalue weighted by atomic mass is 10.0. The molecule has 1 amide bonds. The van der Waals surface area contributed by atoms with E-state index in [9.17, 15) is 9.59 Å². The lowest BCUT2D eigenvalue weighted by molar-refractivity contribution is -0.140. The molecule has 0 atom stereocenters. The van der Waals surface area contributed by atoms with Crippen molar-refractivity contribution in [3.8, 4) is 22.8 Å². The summed E-state index contributed by atoms with van der Waals surface area (Å²) in [5, 5.41) is 4.52. The zero-order chi connectivity index (χ0) is 19.0. The number of amides is 1. The Morgan fingerprint density at radius 3 is 2.56 bits per heavy atom. The molecule has 7 nitrogen and oxygen atoms in total. The molecule has 4 rings (SSSR count). The van der Waals surface area contributed by atoms with Crippen molar-refractivity contribution in [1.29, 1.82) is 0 Å². The van der Waals surface area contributed by atoms with Gasteiger partial charge in [-0.25, -0.2) is 4.68 Å². The van der Waals surface area contributed by atoms with Gasteiger partial charge in [0.2, 0.25) is 12.7 Å². The van der Waals surface area contributed by atoms with Crippen molar-refractivity contribution < 1.29 is 14.3 Å². The number of hydrogen-bond donors (Lipinski definition) is 0. The van der Waals surface area contributed by atoms with E-state index in [-0.39, 0.29) is 18.3 Å². The van der Waals surface area contributed by atoms with Crippen LogP contribution in [0.5, 0.6) is 11.5 Å². The molecule has 1 aromatic heterocycles. The number of hydrogen-bond acceptors (Lipinski definition) is 5. The minimum absolute atomic E-state index is 0.0698. The van der Waals surface area contributed by atoms with Crippen LogP contribution in [0, 0.1) is 0 Å². The fraction of sp³-hybridized carbons (Fsp3) is 0.450. The summed E-state index contributed by atoms with van der Waals surface area (Å²) in [6.07, 6.45) is 3.14. The summed E-state index contributed by atoms with van der Waals surface area (Å²) in [4.78, 5) is 27.4. The van der Waals surface area contributed by atoms with Gasteiger partial charge in [0.25, 0.3) is 5.56 Å². The molecule has 27 heavy (non-hydrogen) atoms. The molecule has 1 saturated heterocycles. The van der Waals surface area contributed by atoms with Crippen LogP contribution in [-0.4, -0.2) is 40.5 Å². The van der Waals surface area contributed by atoms with Gasteiger partial charge in [-0.1, -0.05) is 0 Å². The highest BCUT2D eigenvalue weighted by Gasteiger charge is 2.36. The Morgan fingerprint density at radius 1 is 1.04 bits per heavy atom. The number of carbonyl (C=O) groups is 1. The van der Waals surface area contributed by atoms with Crippen LogP contribution in [0.2, 0.25) is 0 Å². The molecule has 0 radical (unpaired) electrons. The van der Waals surface area contributed by atoms with Crippen LogP contribution in [0.3, 0.4) is 0 Å². The highest BCUT2D eigenvalue weighted by molar-refractivity contribution is 5.83. The van der Waals surface area contributed by atoms with E-state index in [1.807, 2.05) is 23.1 Å². The van der Waals surface area contributed by atoms with Crippen LogP contribution < -0.4 is 15.0 Å². The van der Waals surface area contributed by atoms with E-state index in [0.717, 1.165) is 37.9 Å². The van der Waals surface area contributed by atoms with Crippen LogP contribution in [-0.2, 0) is 10.3 Å². The molecule has 2 aliphatic rings. The van der Waals surface area contributed by atoms with Gasteiger partial charge in [0.1, 0.15) is 5.54 Å². The maximum absolute atomic E-state index is 13.1. The summed E-state index contributed by atoms with van der Waals surface area (Å²) < 4.78 is 12.1. The molecule has 0 N–H and O–H groups in total. The van der Waals surface area contributed by atoms with Gasteiger partial charge in [-0.2, -0.15) is 5.10 Å². The molecule has 1 fully saturated rings. The van der Waals surface area contributed by atoms with E-state index in [4.69, 9.17) is 9.47 Å². The fourth-order valence-corrected chi connectivity index (χ4v) is 3.60. The van der Waals surface area contributed by atoms with Crippen LogP contribution in [0.25, 0.3) is 11.3 Å². The number of ether oxygens (including phenoxy) is 2. The van der Waals surface area contributed by atoms with Crippen LogP contribution >= 0.6 is 0 Å². The number of carbonyl (C=O) groups excluding carboxylic acids is 1. The van der Waals surface area contributed by atoms with Crippen molar-refractivity contribution in [2.24, 2.45) is 0 Å². The predicted molar refractivity (Wildman–Crippen MR) is 99.8 cm³/mol. The van der Waals surface area contributed by atoms with Gasteiger partial charge < -0.3 is 14.4 Å². The summed E-state index contributed by atoms with van der Waals surface area (Å²) in [6, 6.07) is 8.64. The lowest BCUT2D eigenvalue weighted by Crippen LogP contribution is -2.52. The number of piperidine rings is 1. The summed E-state index contributed by atoms with van der Waals surface area (Å²) in [7, 11) is 0. The fourth-order valence-electron chi connectivity index (χ4n) is 3.60. The molecule has 0 saturated carbocycles. The third kappa shape index (κ3) is 3.18. The maximum atomic E-state index is 13.1. The normalized spacial score (nSPS) is 16.4. The van der Waals surface area contributed by atoms with Gasteiger partial charge in [-0.3, -0.25) is 9.59 Å². The Bertz CT molecular complexity index is 929. The van der Waals surface area contributed by atoms with Crippen molar-refractivity contribution in [3.63, 3.8) is 0 Å². The first kappa shape index (κ1) is 17.6. The van der Waals surface area contributed by atoms with Crippen molar-refractivity contribution in [1.82, 2.24) is 14.7 Å². The predicted octanol–water partition coefficient (Wildman–Crippen LogP) is 2.39. The third-order valence-electron chi connectivity index (χ3n) is 5.16. The average Bonchev–Trinajstić information content (AvgIpc) is 3.16. The highest BCUT2D eigenvalue weighted by Crippen LogP contribution is 2.35. The molecule has 1 aromatic carbocycles. The summed E-state index contributed by atoms with van der Waals surface area (Å²) in [5.41, 5.74) is 0.0531. The number of benzene rings is 1. The largest absolute Gasteiger partial charge is 0.454 e. The Labute approximate surface area is 157 Å². The summed E-state index contributed by atoms with van der Waals surface area (Å²) >= 11 is 0. The van der Waals surface area contributed by atoms with E-state index < -0.39 is 5.54 Å². The zero-order valence-electron chi connectivity index (χ0n) is 15.6. The van der Waals surface area contributed by atoms with E-state index in [1.54, 1.807) is 19.9 Å². The topological polar surface area (TPSA) is 73.7 Å². The van der Waals surface area contributed by atoms with Crippen molar-refractivity contribution in [3.05, 3.63) is 40.7 Å². The van der Waals surface area contributed by atoms with Gasteiger partial charge in [-0.05, 0) is 57.4 Å². The number of fused-ring (bicyclic) bond motifs is 1. The number of rotatable bonds is 3. The van der Waals surface area contributed by atoms with Gasteiger partial charge in [-0.15, -0.1) is 0 Å². The second-order valence-corrected chi connectivity index (χ2v) is 7.45. The minimum Gasteiger partial charge on any atom is -0.454 e. The quantitative estimate of drug-likeness (QED) is 0.831. The standard InChI is InChI=1S/C20H23N3O4/c1-20(2,19(25)22-10-4-3-5-11-22)23-18(24)9-7-15(21-23)14-6-8-16-17(12-14)27-13-26-16/h6-9,12H,3-5,10-11,13H2,1-2H3. The van der Waals surface area contributed by atoms with E-state index in [2.05, 4.69) is 5.10 Å². The molecule has 0 aliphatic carbocycles. The van der Waals surface area contributed by atoms with Gasteiger partial charge in [0, 0.05) is 24.7 Å². The first-order chi connectivity index (χ1) is 13.0. The summed E-state index contributed by atoms with van der Waals surface area (Å²) in [6.45, 7) is 5.17. The first-order valence-electron chi connectivity index (χ1n) is 9.27. The Hall–Kier alpha value is -2.83. The molecular formula is C20H23N3O4. The molecule has 3 heterocycles. The molecule has 7 heteroatoms. The monoisotopic (exact) mass is 369 g/mol. The number of aromatic nitrogens is 2. The lowest BCUT2D eigenvalue weighted by Gasteiger charge is -2.34. The molecule has 0 spiro atoms. The van der Waals surface area contributed by atoms with Gasteiger partial charge in [0.05, 0.1) is 5.69 Å². The maximum Gasteiger partial charge on any atom is 0.267 e. The second kappa shape index (κ2) is 6.72. The number of nitrogens with zero attached hydrogens (tertiary/aromatic N) is 3. The molecule has 2 aliphatic heterocycles. The highest BCUT2D eigenvalue weighted by atomic mass is 16.7. The van der Waals surface area contributed by atoms with Gasteiger partial charge in [0.15, 0.2) is 11.5 Å². The third-order valence-corrected chi connectivity index (χ3v) is 5.16. The molecule has 0 bridgehead atoms. The minimum atomic E-state index is -1.05. The molecule has 142 valence electrons. The van der Waals surface area contributed by atoms with Crippen molar-refractivity contribution in [2.75, 3.05) is 19.9 Å². The smallest absolute Gasteiger partial charge is 0.267 e. The zero-order valence-corrected chi connectivity index (χ0v) is 15.6. The van der Waals surface area contributed by atoms with Crippen molar-refractivity contribution >= 4 is 5.91 Å². The number of likely N-dealkylation sites (tertiary alicyclic amines) is 1. The van der Waals surface area contributed by atoms with Crippen LogP contribution in [0.4, 0.5) is 0 Å². The van der Waals surface area contributed by atoms with E-state index in [1.165, 1.54) is 10.7 Å². The first-order valence-corrected chi connectivity index (χ1v) is 9.27. The van der Waals surface area contributed by atoms with Crippen LogP contribution in [0.1, 0.15) is 33.1 Å². The Morgan fingerprint density at radius 2 is 1.78 bits per heavy atom. The Kier molecular flexibility index (Phi) is 4.37. The molecule has 0 unspecified atom stereocenters. The van der Waals surface area contributed by atoms with Gasteiger partial charge >= 0.3 is 0 Å². The van der Waals surface area contributed by atoms with Crippen molar-refractivity contribution in [2.45, 2.75) is 38.6 Å². The van der Waals surface area contributed by atoms with Crippen LogP contribution in [0.15, 0.2) is 35.1 Å². The summed E-state index contributed by atoms with van der Waals surface area (Å²) in [5.74, 6) is 1.27. The van der Waals surface area contributed by atoms with E-state index >= 15 is 0 Å². The average molecular weight is 369 g/mol.